The van der Waals surface area contributed by atoms with Gasteiger partial charge in [0.05, 0.1) is 12.2 Å². The van der Waals surface area contributed by atoms with Gasteiger partial charge in [0.25, 0.3) is 5.91 Å². The molecule has 5 nitrogen and oxygen atoms in total. The van der Waals surface area contributed by atoms with E-state index in [0.717, 1.165) is 29.2 Å². The third kappa shape index (κ3) is 3.63. The summed E-state index contributed by atoms with van der Waals surface area (Å²) in [6.45, 7) is 4.75. The number of nitrogens with one attached hydrogen (secondary N) is 1. The summed E-state index contributed by atoms with van der Waals surface area (Å²) in [5.41, 5.74) is 4.65. The Kier molecular flexibility index (Phi) is 4.19. The van der Waals surface area contributed by atoms with Crippen LogP contribution in [-0.2, 0) is 6.54 Å². The van der Waals surface area contributed by atoms with Crippen molar-refractivity contribution < 1.29 is 4.79 Å². The van der Waals surface area contributed by atoms with Gasteiger partial charge >= 0.3 is 0 Å². The van der Waals surface area contributed by atoms with Gasteiger partial charge in [-0.25, -0.2) is 0 Å². The minimum absolute atomic E-state index is 0.140. The Morgan fingerprint density at radius 2 is 1.78 bits per heavy atom. The Labute approximate surface area is 135 Å². The van der Waals surface area contributed by atoms with Crippen LogP contribution in [-0.4, -0.2) is 20.7 Å². The van der Waals surface area contributed by atoms with E-state index in [-0.39, 0.29) is 5.91 Å². The summed E-state index contributed by atoms with van der Waals surface area (Å²) >= 11 is 0. The zero-order chi connectivity index (χ0) is 16.2. The SMILES string of the molecule is Cc1cc(C)n(Cc2ccc(NC(=O)c3ccncc3)cc2)n1. The van der Waals surface area contributed by atoms with Crippen LogP contribution in [0.3, 0.4) is 0 Å². The van der Waals surface area contributed by atoms with E-state index in [2.05, 4.69) is 21.5 Å². The molecule has 0 bridgehead atoms. The Balaban J connectivity index is 1.67. The molecule has 23 heavy (non-hydrogen) atoms. The molecule has 0 atom stereocenters. The molecule has 0 aliphatic heterocycles. The van der Waals surface area contributed by atoms with E-state index in [9.17, 15) is 4.79 Å². The number of benzene rings is 1. The summed E-state index contributed by atoms with van der Waals surface area (Å²) in [4.78, 5) is 16.0. The molecule has 5 heteroatoms. The molecule has 1 aromatic carbocycles. The molecule has 0 aliphatic carbocycles. The topological polar surface area (TPSA) is 59.8 Å². The van der Waals surface area contributed by atoms with Crippen LogP contribution in [0.5, 0.6) is 0 Å². The van der Waals surface area contributed by atoms with Crippen LogP contribution in [0.2, 0.25) is 0 Å². The molecule has 3 aromatic rings. The van der Waals surface area contributed by atoms with Gasteiger partial charge in [0.2, 0.25) is 0 Å². The minimum Gasteiger partial charge on any atom is -0.322 e. The second-order valence-corrected chi connectivity index (χ2v) is 5.47. The summed E-state index contributed by atoms with van der Waals surface area (Å²) < 4.78 is 1.97. The van der Waals surface area contributed by atoms with Gasteiger partial charge in [0.1, 0.15) is 0 Å². The summed E-state index contributed by atoms with van der Waals surface area (Å²) in [7, 11) is 0. The normalized spacial score (nSPS) is 10.5. The van der Waals surface area contributed by atoms with Crippen molar-refractivity contribution in [1.29, 1.82) is 0 Å². The van der Waals surface area contributed by atoms with E-state index in [0.29, 0.717) is 5.56 Å². The fourth-order valence-electron chi connectivity index (χ4n) is 2.41. The largest absolute Gasteiger partial charge is 0.322 e. The highest BCUT2D eigenvalue weighted by atomic mass is 16.1. The molecular formula is C18H18N4O. The van der Waals surface area contributed by atoms with Gasteiger partial charge in [0.15, 0.2) is 0 Å². The summed E-state index contributed by atoms with van der Waals surface area (Å²) in [6.07, 6.45) is 3.21. The number of aromatic nitrogens is 3. The maximum absolute atomic E-state index is 12.1. The molecule has 0 aliphatic rings. The summed E-state index contributed by atoms with van der Waals surface area (Å²) in [6, 6.07) is 13.2. The molecule has 116 valence electrons. The number of hydrogen-bond donors (Lipinski definition) is 1. The minimum atomic E-state index is -0.140. The molecule has 0 saturated heterocycles. The highest BCUT2D eigenvalue weighted by Crippen LogP contribution is 2.13. The van der Waals surface area contributed by atoms with E-state index in [4.69, 9.17) is 0 Å². The molecule has 0 saturated carbocycles. The van der Waals surface area contributed by atoms with Crippen LogP contribution in [0.1, 0.15) is 27.3 Å². The van der Waals surface area contributed by atoms with Crippen molar-refractivity contribution in [2.45, 2.75) is 20.4 Å². The molecule has 0 spiro atoms. The van der Waals surface area contributed by atoms with Crippen molar-refractivity contribution >= 4 is 11.6 Å². The fraction of sp³-hybridized carbons (Fsp3) is 0.167. The average Bonchev–Trinajstić information content (AvgIpc) is 2.87. The van der Waals surface area contributed by atoms with Crippen molar-refractivity contribution in [2.24, 2.45) is 0 Å². The molecule has 0 fully saturated rings. The Morgan fingerprint density at radius 1 is 1.09 bits per heavy atom. The number of carbonyl (C=O) groups excluding carboxylic acids is 1. The van der Waals surface area contributed by atoms with Crippen LogP contribution in [0, 0.1) is 13.8 Å². The van der Waals surface area contributed by atoms with Gasteiger partial charge in [-0.15, -0.1) is 0 Å². The summed E-state index contributed by atoms with van der Waals surface area (Å²) in [5.74, 6) is -0.140. The molecule has 0 unspecified atom stereocenters. The molecule has 3 rings (SSSR count). The molecule has 1 N–H and O–H groups in total. The molecule has 1 amide bonds. The fourth-order valence-corrected chi connectivity index (χ4v) is 2.41. The standard InChI is InChI=1S/C18H18N4O/c1-13-11-14(2)22(21-13)12-15-3-5-17(6-4-15)20-18(23)16-7-9-19-10-8-16/h3-11H,12H2,1-2H3,(H,20,23). The molecule has 0 radical (unpaired) electrons. The van der Waals surface area contributed by atoms with Gasteiger partial charge in [-0.05, 0) is 49.7 Å². The van der Waals surface area contributed by atoms with Crippen molar-refractivity contribution in [1.82, 2.24) is 14.8 Å². The lowest BCUT2D eigenvalue weighted by Gasteiger charge is -2.08. The lowest BCUT2D eigenvalue weighted by molar-refractivity contribution is 0.102. The highest BCUT2D eigenvalue weighted by molar-refractivity contribution is 6.04. The van der Waals surface area contributed by atoms with Gasteiger partial charge in [-0.3, -0.25) is 14.5 Å². The predicted molar refractivity (Wildman–Crippen MR) is 89.4 cm³/mol. The zero-order valence-electron chi connectivity index (χ0n) is 13.2. The first kappa shape index (κ1) is 15.0. The van der Waals surface area contributed by atoms with Crippen LogP contribution in [0.4, 0.5) is 5.69 Å². The van der Waals surface area contributed by atoms with Crippen molar-refractivity contribution in [2.75, 3.05) is 5.32 Å². The number of aryl methyl sites for hydroxylation is 2. The third-order valence-electron chi connectivity index (χ3n) is 3.59. The first-order valence-corrected chi connectivity index (χ1v) is 7.43. The highest BCUT2D eigenvalue weighted by Gasteiger charge is 2.06. The van der Waals surface area contributed by atoms with Gasteiger partial charge < -0.3 is 5.32 Å². The maximum atomic E-state index is 12.1. The second kappa shape index (κ2) is 6.44. The first-order chi connectivity index (χ1) is 11.1. The predicted octanol–water partition coefficient (Wildman–Crippen LogP) is 3.20. The zero-order valence-corrected chi connectivity index (χ0v) is 13.2. The number of hydrogen-bond acceptors (Lipinski definition) is 3. The quantitative estimate of drug-likeness (QED) is 0.805. The van der Waals surface area contributed by atoms with E-state index >= 15 is 0 Å². The van der Waals surface area contributed by atoms with Crippen molar-refractivity contribution in [3.05, 3.63) is 77.4 Å². The Hall–Kier alpha value is -2.95. The molecular weight excluding hydrogens is 288 g/mol. The van der Waals surface area contributed by atoms with Crippen LogP contribution >= 0.6 is 0 Å². The number of amides is 1. The monoisotopic (exact) mass is 306 g/mol. The van der Waals surface area contributed by atoms with Crippen LogP contribution in [0.25, 0.3) is 0 Å². The number of anilines is 1. The number of carbonyl (C=O) groups is 1. The Bertz CT molecular complexity index is 807. The van der Waals surface area contributed by atoms with E-state index in [1.54, 1.807) is 24.5 Å². The number of nitrogens with zero attached hydrogens (tertiary/aromatic N) is 3. The Morgan fingerprint density at radius 3 is 2.39 bits per heavy atom. The van der Waals surface area contributed by atoms with Crippen molar-refractivity contribution in [3.63, 3.8) is 0 Å². The van der Waals surface area contributed by atoms with E-state index in [1.807, 2.05) is 42.8 Å². The van der Waals surface area contributed by atoms with Crippen molar-refractivity contribution in [3.8, 4) is 0 Å². The van der Waals surface area contributed by atoms with E-state index < -0.39 is 0 Å². The average molecular weight is 306 g/mol. The second-order valence-electron chi connectivity index (χ2n) is 5.47. The van der Waals surface area contributed by atoms with Crippen LogP contribution < -0.4 is 5.32 Å². The number of rotatable bonds is 4. The lowest BCUT2D eigenvalue weighted by Crippen LogP contribution is -2.12. The lowest BCUT2D eigenvalue weighted by atomic mass is 10.2. The first-order valence-electron chi connectivity index (χ1n) is 7.43. The third-order valence-corrected chi connectivity index (χ3v) is 3.59. The molecule has 2 aromatic heterocycles. The number of pyridine rings is 1. The maximum Gasteiger partial charge on any atom is 0.255 e. The van der Waals surface area contributed by atoms with E-state index in [1.165, 1.54) is 0 Å². The van der Waals surface area contributed by atoms with Gasteiger partial charge in [-0.1, -0.05) is 12.1 Å². The van der Waals surface area contributed by atoms with Crippen LogP contribution in [0.15, 0.2) is 54.9 Å². The van der Waals surface area contributed by atoms with Gasteiger partial charge in [0, 0.05) is 29.3 Å². The van der Waals surface area contributed by atoms with Gasteiger partial charge in [-0.2, -0.15) is 5.10 Å². The smallest absolute Gasteiger partial charge is 0.255 e. The summed E-state index contributed by atoms with van der Waals surface area (Å²) in [5, 5.41) is 7.33. The molecule has 2 heterocycles.